The molecule has 0 saturated heterocycles. The highest BCUT2D eigenvalue weighted by atomic mass is 16.4. The average Bonchev–Trinajstić information content (AvgIpc) is 2.59. The molecule has 0 heterocycles. The van der Waals surface area contributed by atoms with Gasteiger partial charge in [0.15, 0.2) is 0 Å². The van der Waals surface area contributed by atoms with Crippen molar-refractivity contribution in [1.82, 2.24) is 0 Å². The first-order valence-electron chi connectivity index (χ1n) is 9.41. The number of rotatable bonds is 10. The third-order valence-corrected chi connectivity index (χ3v) is 4.45. The molecular weight excluding hydrogens is 300 g/mol. The number of hydrogen-bond acceptors (Lipinski definition) is 2. The predicted octanol–water partition coefficient (Wildman–Crippen LogP) is 4.86. The van der Waals surface area contributed by atoms with Gasteiger partial charge in [-0.25, -0.2) is 0 Å². The molecule has 0 aliphatic heterocycles. The van der Waals surface area contributed by atoms with Crippen LogP contribution in [-0.4, -0.2) is 22.3 Å². The third kappa shape index (κ3) is 11.1. The molecule has 0 bridgehead atoms. The molecule has 1 aliphatic rings. The Morgan fingerprint density at radius 1 is 1.00 bits per heavy atom. The van der Waals surface area contributed by atoms with E-state index in [1.165, 1.54) is 19.3 Å². The minimum atomic E-state index is -0.718. The maximum atomic E-state index is 10.3. The molecule has 1 fully saturated rings. The fourth-order valence-corrected chi connectivity index (χ4v) is 2.97. The van der Waals surface area contributed by atoms with E-state index in [2.05, 4.69) is 30.1 Å². The number of aliphatic carboxylic acids is 1. The van der Waals surface area contributed by atoms with Gasteiger partial charge in [0.25, 0.3) is 0 Å². The van der Waals surface area contributed by atoms with Crippen molar-refractivity contribution in [1.29, 1.82) is 0 Å². The maximum absolute atomic E-state index is 10.3. The smallest absolute Gasteiger partial charge is 0.303 e. The van der Waals surface area contributed by atoms with E-state index in [1.807, 2.05) is 6.08 Å². The molecule has 1 aliphatic carbocycles. The van der Waals surface area contributed by atoms with Crippen molar-refractivity contribution in [2.45, 2.75) is 83.2 Å². The highest BCUT2D eigenvalue weighted by Gasteiger charge is 2.19. The van der Waals surface area contributed by atoms with Crippen LogP contribution in [0.25, 0.3) is 0 Å². The number of carbonyl (C=O) groups is 1. The minimum absolute atomic E-state index is 0.256. The average molecular weight is 332 g/mol. The molecule has 2 N–H and O–H groups in total. The molecule has 1 saturated carbocycles. The molecule has 0 aromatic rings. The van der Waals surface area contributed by atoms with Gasteiger partial charge in [0.2, 0.25) is 0 Å². The lowest BCUT2D eigenvalue weighted by atomic mass is 9.85. The van der Waals surface area contributed by atoms with E-state index in [1.54, 1.807) is 0 Å². The summed E-state index contributed by atoms with van der Waals surface area (Å²) in [6, 6.07) is 0. The van der Waals surface area contributed by atoms with Crippen LogP contribution in [0.15, 0.2) is 24.3 Å². The van der Waals surface area contributed by atoms with E-state index < -0.39 is 12.1 Å². The molecule has 0 aromatic carbocycles. The van der Waals surface area contributed by atoms with Crippen LogP contribution in [0.5, 0.6) is 0 Å². The highest BCUT2D eigenvalue weighted by Crippen LogP contribution is 2.26. The molecule has 0 aromatic heterocycles. The van der Waals surface area contributed by atoms with Gasteiger partial charge in [-0.3, -0.25) is 4.79 Å². The maximum Gasteiger partial charge on any atom is 0.303 e. The summed E-state index contributed by atoms with van der Waals surface area (Å²) in [5.74, 6) is 5.59. The van der Waals surface area contributed by atoms with Gasteiger partial charge in [0.05, 0.1) is 0 Å². The highest BCUT2D eigenvalue weighted by molar-refractivity contribution is 5.66. The SMILES string of the molecule is O=C(O)CCC/C=C/CCCC/C=C/C#CC(O)C1CCCCC1. The number of aliphatic hydroxyl groups is 1. The van der Waals surface area contributed by atoms with Crippen LogP contribution in [0, 0.1) is 17.8 Å². The standard InChI is InChI=1S/C21H32O3/c22-20(19-15-11-10-12-16-19)17-13-8-6-4-2-1-3-5-7-9-14-18-21(23)24/h5-8,19-20,22H,1-4,9-12,14-16,18H2,(H,23,24)/b7-5+,8-6+. The summed E-state index contributed by atoms with van der Waals surface area (Å²) in [7, 11) is 0. The molecular formula is C21H32O3. The van der Waals surface area contributed by atoms with E-state index in [4.69, 9.17) is 5.11 Å². The Bertz CT molecular complexity index is 447. The molecule has 0 radical (unpaired) electrons. The van der Waals surface area contributed by atoms with E-state index in [9.17, 15) is 9.90 Å². The molecule has 0 amide bonds. The zero-order valence-electron chi connectivity index (χ0n) is 14.8. The third-order valence-electron chi connectivity index (χ3n) is 4.45. The van der Waals surface area contributed by atoms with E-state index in [-0.39, 0.29) is 6.42 Å². The number of aliphatic hydroxyl groups excluding tert-OH is 1. The normalized spacial score (nSPS) is 17.0. The number of carboxylic acid groups (broad SMARTS) is 1. The van der Waals surface area contributed by atoms with Crippen molar-refractivity contribution in [3.63, 3.8) is 0 Å². The minimum Gasteiger partial charge on any atom is -0.481 e. The first-order chi connectivity index (χ1) is 11.7. The summed E-state index contributed by atoms with van der Waals surface area (Å²) in [5.41, 5.74) is 0. The van der Waals surface area contributed by atoms with Crippen LogP contribution in [0.4, 0.5) is 0 Å². The number of unbranched alkanes of at least 4 members (excludes halogenated alkanes) is 4. The second kappa shape index (κ2) is 13.9. The fraction of sp³-hybridized carbons (Fsp3) is 0.667. The van der Waals surface area contributed by atoms with Gasteiger partial charge in [-0.15, -0.1) is 0 Å². The topological polar surface area (TPSA) is 57.5 Å². The van der Waals surface area contributed by atoms with Gasteiger partial charge in [-0.2, -0.15) is 0 Å². The van der Waals surface area contributed by atoms with Crippen molar-refractivity contribution < 1.29 is 15.0 Å². The number of carboxylic acids is 1. The molecule has 1 unspecified atom stereocenters. The van der Waals surface area contributed by atoms with Crippen LogP contribution in [0.1, 0.15) is 77.0 Å². The second-order valence-corrected chi connectivity index (χ2v) is 6.58. The van der Waals surface area contributed by atoms with Crippen LogP contribution >= 0.6 is 0 Å². The molecule has 134 valence electrons. The first kappa shape index (κ1) is 20.5. The Labute approximate surface area is 146 Å². The Morgan fingerprint density at radius 2 is 1.62 bits per heavy atom. The Balaban J connectivity index is 1.99. The van der Waals surface area contributed by atoms with E-state index >= 15 is 0 Å². The predicted molar refractivity (Wildman–Crippen MR) is 98.6 cm³/mol. The summed E-state index contributed by atoms with van der Waals surface area (Å²) in [5, 5.41) is 18.5. The quantitative estimate of drug-likeness (QED) is 0.341. The van der Waals surface area contributed by atoms with Crippen molar-refractivity contribution in [2.75, 3.05) is 0 Å². The Hall–Kier alpha value is -1.53. The molecule has 3 nitrogen and oxygen atoms in total. The van der Waals surface area contributed by atoms with Crippen LogP contribution in [0.2, 0.25) is 0 Å². The second-order valence-electron chi connectivity index (χ2n) is 6.58. The first-order valence-corrected chi connectivity index (χ1v) is 9.41. The summed E-state index contributed by atoms with van der Waals surface area (Å²) in [6.07, 6.45) is 19.9. The van der Waals surface area contributed by atoms with E-state index in [0.717, 1.165) is 51.4 Å². The lowest BCUT2D eigenvalue weighted by molar-refractivity contribution is -0.137. The van der Waals surface area contributed by atoms with E-state index in [0.29, 0.717) is 5.92 Å². The van der Waals surface area contributed by atoms with Crippen molar-refractivity contribution in [2.24, 2.45) is 5.92 Å². The summed E-state index contributed by atoms with van der Waals surface area (Å²) in [6.45, 7) is 0. The fourth-order valence-electron chi connectivity index (χ4n) is 2.97. The molecule has 0 spiro atoms. The zero-order chi connectivity index (χ0) is 17.5. The number of hydrogen-bond donors (Lipinski definition) is 2. The van der Waals surface area contributed by atoms with Crippen molar-refractivity contribution >= 4 is 5.97 Å². The van der Waals surface area contributed by atoms with Gasteiger partial charge in [-0.1, -0.05) is 49.3 Å². The van der Waals surface area contributed by atoms with Crippen molar-refractivity contribution in [3.05, 3.63) is 24.3 Å². The Kier molecular flexibility index (Phi) is 11.9. The summed E-state index contributed by atoms with van der Waals surface area (Å²) in [4.78, 5) is 10.3. The zero-order valence-corrected chi connectivity index (χ0v) is 14.8. The lowest BCUT2D eigenvalue weighted by Gasteiger charge is -2.23. The summed E-state index contributed by atoms with van der Waals surface area (Å²) >= 11 is 0. The van der Waals surface area contributed by atoms with Crippen LogP contribution in [0.3, 0.4) is 0 Å². The Morgan fingerprint density at radius 3 is 2.29 bits per heavy atom. The molecule has 24 heavy (non-hydrogen) atoms. The van der Waals surface area contributed by atoms with Gasteiger partial charge in [-0.05, 0) is 63.4 Å². The van der Waals surface area contributed by atoms with Gasteiger partial charge < -0.3 is 10.2 Å². The van der Waals surface area contributed by atoms with Crippen LogP contribution in [-0.2, 0) is 4.79 Å². The molecule has 3 heteroatoms. The van der Waals surface area contributed by atoms with Crippen LogP contribution < -0.4 is 0 Å². The lowest BCUT2D eigenvalue weighted by Crippen LogP contribution is -2.20. The largest absolute Gasteiger partial charge is 0.481 e. The summed E-state index contributed by atoms with van der Waals surface area (Å²) < 4.78 is 0. The van der Waals surface area contributed by atoms with Gasteiger partial charge in [0, 0.05) is 6.42 Å². The molecule has 1 rings (SSSR count). The number of allylic oxidation sites excluding steroid dienone is 4. The molecule has 1 atom stereocenters. The van der Waals surface area contributed by atoms with Gasteiger partial charge >= 0.3 is 5.97 Å². The monoisotopic (exact) mass is 332 g/mol. The van der Waals surface area contributed by atoms with Crippen molar-refractivity contribution in [3.8, 4) is 11.8 Å². The van der Waals surface area contributed by atoms with Gasteiger partial charge in [0.1, 0.15) is 6.10 Å².